The van der Waals surface area contributed by atoms with Gasteiger partial charge in [-0.1, -0.05) is 116 Å². The molecular weight excluding hydrogens is 648 g/mol. The third-order valence-corrected chi connectivity index (χ3v) is 12.2. The maximum absolute atomic E-state index is 3.43. The molecule has 5 aromatic carbocycles. The zero-order valence-electron chi connectivity index (χ0n) is 30.0. The summed E-state index contributed by atoms with van der Waals surface area (Å²) in [5.41, 5.74) is 7.26. The fourth-order valence-electron chi connectivity index (χ4n) is 5.96. The zero-order chi connectivity index (χ0) is 33.9. The molecule has 0 nitrogen and oxygen atoms in total. The maximum atomic E-state index is 3.43. The molecule has 236 valence electrons. The van der Waals surface area contributed by atoms with E-state index in [4.69, 9.17) is 0 Å². The predicted molar refractivity (Wildman–Crippen MR) is 204 cm³/mol. The molecule has 0 spiro atoms. The Morgan fingerprint density at radius 3 is 1.39 bits per heavy atom. The Morgan fingerprint density at radius 2 is 1.09 bits per heavy atom. The third-order valence-electron chi connectivity index (χ3n) is 8.64. The van der Waals surface area contributed by atoms with Crippen LogP contribution in [-0.4, -0.2) is 11.3 Å². The summed E-state index contributed by atoms with van der Waals surface area (Å²) in [6.45, 7) is 25.2. The Kier molecular flexibility index (Phi) is 11.4. The van der Waals surface area contributed by atoms with E-state index in [-0.39, 0.29) is 10.8 Å². The topological polar surface area (TPSA) is 0 Å². The van der Waals surface area contributed by atoms with E-state index in [0.717, 1.165) is 0 Å². The summed E-state index contributed by atoms with van der Waals surface area (Å²) in [4.78, 5) is 0. The van der Waals surface area contributed by atoms with Gasteiger partial charge in [0.2, 0.25) is 0 Å². The molecular formula is C44H52SiZr. The van der Waals surface area contributed by atoms with Gasteiger partial charge in [-0.05, 0) is 18.9 Å². The zero-order valence-corrected chi connectivity index (χ0v) is 33.4. The molecule has 0 saturated carbocycles. The van der Waals surface area contributed by atoms with Crippen molar-refractivity contribution in [3.63, 3.8) is 0 Å². The van der Waals surface area contributed by atoms with E-state index in [0.29, 0.717) is 5.92 Å². The van der Waals surface area contributed by atoms with E-state index in [1.54, 1.807) is 5.20 Å². The summed E-state index contributed by atoms with van der Waals surface area (Å²) < 4.78 is 1.42. The number of fused-ring (bicyclic) bond motifs is 3. The van der Waals surface area contributed by atoms with Crippen LogP contribution in [0, 0.1) is 12.0 Å². The molecule has 0 heterocycles. The van der Waals surface area contributed by atoms with Crippen molar-refractivity contribution in [2.24, 2.45) is 5.92 Å². The van der Waals surface area contributed by atoms with Crippen LogP contribution < -0.4 is 0 Å². The molecule has 1 atom stereocenters. The third kappa shape index (κ3) is 9.17. The van der Waals surface area contributed by atoms with Crippen molar-refractivity contribution in [3.8, 4) is 0 Å². The predicted octanol–water partition coefficient (Wildman–Crippen LogP) is 12.3. The molecule has 0 saturated heterocycles. The molecule has 6 rings (SSSR count). The second kappa shape index (κ2) is 14.5. The molecule has 2 heteroatoms. The van der Waals surface area contributed by atoms with Gasteiger partial charge in [0, 0.05) is 0 Å². The standard InChI is InChI=1S/C21H25.C13H10.C10H17Si.Zr/c1-20(2,3)16-9-7-14-11-15-8-10-17(21(4,5)6)13-19(15)18(14)12-16;1-3-7-12(8-4-1)11-13-9-5-2-6-10-13;1-8-6-9(2)10(7-8)11(3,4)5;/h7-13H,1-6H3;1-10H;7-8H,1-5H3;/q-1;;-1;+2. The van der Waals surface area contributed by atoms with Gasteiger partial charge in [0.15, 0.2) is 0 Å². The molecule has 5 aromatic rings. The molecule has 1 aliphatic rings. The van der Waals surface area contributed by atoms with E-state index >= 15 is 0 Å². The second-order valence-corrected chi connectivity index (χ2v) is 22.0. The Hall–Kier alpha value is -2.80. The number of benzene rings is 4. The minimum absolute atomic E-state index is 0.194. The van der Waals surface area contributed by atoms with Gasteiger partial charge in [0.25, 0.3) is 0 Å². The second-order valence-electron chi connectivity index (χ2n) is 15.7. The van der Waals surface area contributed by atoms with E-state index in [1.165, 1.54) is 76.8 Å². The van der Waals surface area contributed by atoms with Gasteiger partial charge >= 0.3 is 99.2 Å². The van der Waals surface area contributed by atoms with Crippen molar-refractivity contribution < 1.29 is 24.2 Å². The number of allylic oxidation sites excluding steroid dienone is 4. The first-order valence-corrected chi connectivity index (χ1v) is 21.3. The van der Waals surface area contributed by atoms with Crippen LogP contribution in [0.2, 0.25) is 19.6 Å². The molecule has 0 fully saturated rings. The molecule has 0 aromatic heterocycles. The van der Waals surface area contributed by atoms with Gasteiger partial charge in [0.05, 0.1) is 0 Å². The Balaban J connectivity index is 0.000000167. The summed E-state index contributed by atoms with van der Waals surface area (Å²) in [7, 11) is -1.07. The van der Waals surface area contributed by atoms with Crippen LogP contribution >= 0.6 is 0 Å². The summed E-state index contributed by atoms with van der Waals surface area (Å²) in [5.74, 6) is 0.553. The normalized spacial score (nSPS) is 15.0. The van der Waals surface area contributed by atoms with Gasteiger partial charge in [-0.3, -0.25) is 6.08 Å². The van der Waals surface area contributed by atoms with Crippen molar-refractivity contribution in [1.29, 1.82) is 0 Å². The summed E-state index contributed by atoms with van der Waals surface area (Å²) in [6, 6.07) is 37.3. The minimum atomic E-state index is -1.07. The van der Waals surface area contributed by atoms with E-state index in [2.05, 4.69) is 190 Å². The van der Waals surface area contributed by atoms with Crippen LogP contribution in [-0.2, 0) is 35.1 Å². The van der Waals surface area contributed by atoms with Crippen molar-refractivity contribution in [2.45, 2.75) is 85.9 Å². The van der Waals surface area contributed by atoms with Gasteiger partial charge in [-0.25, -0.2) is 10.8 Å². The van der Waals surface area contributed by atoms with Gasteiger partial charge in [0.1, 0.15) is 0 Å². The van der Waals surface area contributed by atoms with Crippen LogP contribution in [0.3, 0.4) is 0 Å². The van der Waals surface area contributed by atoms with Crippen molar-refractivity contribution in [1.82, 2.24) is 0 Å². The summed E-state index contributed by atoms with van der Waals surface area (Å²) in [5, 5.41) is 7.09. The summed E-state index contributed by atoms with van der Waals surface area (Å²) >= 11 is 1.46. The van der Waals surface area contributed by atoms with E-state index in [9.17, 15) is 0 Å². The Morgan fingerprint density at radius 1 is 0.674 bits per heavy atom. The molecule has 46 heavy (non-hydrogen) atoms. The number of hydrogen-bond acceptors (Lipinski definition) is 0. The monoisotopic (exact) mass is 698 g/mol. The van der Waals surface area contributed by atoms with Crippen LogP contribution in [0.15, 0.2) is 120 Å². The summed E-state index contributed by atoms with van der Waals surface area (Å²) in [6.07, 6.45) is 5.81. The van der Waals surface area contributed by atoms with Gasteiger partial charge in [-0.15, -0.1) is 39.7 Å². The quantitative estimate of drug-likeness (QED) is 0.130. The SMILES string of the molecule is CC(C)(C)c1ccc2[cH-]c3ccc(C(C)(C)C)cc3c2c1.CC1=[C-]C(C)C=C1[Si](C)(C)C.[Zr+2]=[C](c1ccccc1)c1ccccc1. The first-order valence-electron chi connectivity index (χ1n) is 16.6. The van der Waals surface area contributed by atoms with Gasteiger partial charge in [-0.2, -0.15) is 6.08 Å². The van der Waals surface area contributed by atoms with Crippen LogP contribution in [0.25, 0.3) is 21.5 Å². The number of rotatable bonds is 3. The number of hydrogen-bond donors (Lipinski definition) is 0. The van der Waals surface area contributed by atoms with E-state index in [1.807, 2.05) is 0 Å². The Labute approximate surface area is 295 Å². The average Bonchev–Trinajstić information content (AvgIpc) is 3.55. The van der Waals surface area contributed by atoms with Crippen molar-refractivity contribution >= 4 is 32.8 Å². The molecule has 0 aliphatic heterocycles. The van der Waals surface area contributed by atoms with Gasteiger partial charge < -0.3 is 0 Å². The van der Waals surface area contributed by atoms with Crippen LogP contribution in [0.4, 0.5) is 0 Å². The van der Waals surface area contributed by atoms with Crippen LogP contribution in [0.5, 0.6) is 0 Å². The van der Waals surface area contributed by atoms with Crippen molar-refractivity contribution in [2.75, 3.05) is 0 Å². The first-order chi connectivity index (χ1) is 21.4. The molecule has 0 amide bonds. The van der Waals surface area contributed by atoms with Crippen molar-refractivity contribution in [3.05, 3.63) is 148 Å². The van der Waals surface area contributed by atoms with Crippen LogP contribution in [0.1, 0.15) is 77.6 Å². The van der Waals surface area contributed by atoms with E-state index < -0.39 is 8.07 Å². The average molecular weight is 700 g/mol. The Bertz CT molecular complexity index is 1740. The molecule has 0 radical (unpaired) electrons. The molecule has 0 bridgehead atoms. The molecule has 1 unspecified atom stereocenters. The fraction of sp³-hybridized carbons (Fsp3) is 0.318. The first kappa shape index (κ1) is 36.0. The molecule has 1 aliphatic carbocycles. The molecule has 0 N–H and O–H groups in total. The fourth-order valence-corrected chi connectivity index (χ4v) is 8.72.